The molecule has 0 saturated carbocycles. The van der Waals surface area contributed by atoms with Gasteiger partial charge in [0.05, 0.1) is 18.3 Å². The number of carbonyl (C=O) groups is 1. The van der Waals surface area contributed by atoms with Crippen molar-refractivity contribution in [3.05, 3.63) is 71.8 Å². The molecule has 33 heavy (non-hydrogen) atoms. The Labute approximate surface area is 187 Å². The van der Waals surface area contributed by atoms with Crippen LogP contribution in [0.3, 0.4) is 0 Å². The van der Waals surface area contributed by atoms with E-state index in [1.54, 1.807) is 7.11 Å². The number of H-pyrrole nitrogens is 2. The van der Waals surface area contributed by atoms with Crippen molar-refractivity contribution in [1.82, 2.24) is 30.8 Å². The number of hydrogen-bond acceptors (Lipinski definition) is 6. The van der Waals surface area contributed by atoms with Crippen LogP contribution in [0.2, 0.25) is 0 Å². The Morgan fingerprint density at radius 1 is 0.970 bits per heavy atom. The highest BCUT2D eigenvalue weighted by Crippen LogP contribution is 2.36. The molecule has 1 aliphatic rings. The molecule has 1 amide bonds. The van der Waals surface area contributed by atoms with E-state index in [0.717, 1.165) is 44.5 Å². The van der Waals surface area contributed by atoms with Crippen molar-refractivity contribution in [3.63, 3.8) is 0 Å². The van der Waals surface area contributed by atoms with Crippen LogP contribution in [0, 0.1) is 0 Å². The number of aromatic amines is 2. The molecule has 3 heterocycles. The smallest absolute Gasteiger partial charge is 0.256 e. The second-order valence-electron chi connectivity index (χ2n) is 7.63. The van der Waals surface area contributed by atoms with Crippen LogP contribution in [0.25, 0.3) is 45.2 Å². The maximum atomic E-state index is 12.6. The molecule has 2 aromatic heterocycles. The fourth-order valence-electron chi connectivity index (χ4n) is 4.05. The monoisotopic (exact) mass is 435 g/mol. The normalized spacial score (nSPS) is 14.0. The number of amides is 1. The molecule has 5 aromatic rings. The second-order valence-corrected chi connectivity index (χ2v) is 7.63. The van der Waals surface area contributed by atoms with Gasteiger partial charge in [0.25, 0.3) is 5.91 Å². The third-order valence-electron chi connectivity index (χ3n) is 5.66. The molecule has 0 bridgehead atoms. The van der Waals surface area contributed by atoms with Gasteiger partial charge in [-0.15, -0.1) is 5.10 Å². The first-order valence-corrected chi connectivity index (χ1v) is 10.2. The van der Waals surface area contributed by atoms with Crippen LogP contribution in [0.5, 0.6) is 5.75 Å². The molecule has 0 atom stereocenters. The van der Waals surface area contributed by atoms with Crippen molar-refractivity contribution in [1.29, 1.82) is 0 Å². The molecule has 1 aliphatic heterocycles. The quantitative estimate of drug-likeness (QED) is 0.368. The maximum Gasteiger partial charge on any atom is 0.256 e. The van der Waals surface area contributed by atoms with Gasteiger partial charge in [-0.25, -0.2) is 5.10 Å². The van der Waals surface area contributed by atoms with Gasteiger partial charge in [0, 0.05) is 33.3 Å². The van der Waals surface area contributed by atoms with Crippen LogP contribution in [-0.4, -0.2) is 43.8 Å². The predicted molar refractivity (Wildman–Crippen MR) is 124 cm³/mol. The molecule has 160 valence electrons. The number of aromatic nitrogens is 6. The number of carbonyl (C=O) groups excluding carboxylic acids is 1. The second kappa shape index (κ2) is 7.41. The van der Waals surface area contributed by atoms with Gasteiger partial charge in [0.1, 0.15) is 5.75 Å². The molecule has 9 heteroatoms. The number of fused-ring (bicyclic) bond motifs is 2. The Hall–Kier alpha value is -4.79. The number of rotatable bonds is 4. The molecule has 0 fully saturated rings. The highest BCUT2D eigenvalue weighted by molar-refractivity contribution is 6.35. The van der Waals surface area contributed by atoms with Gasteiger partial charge in [-0.05, 0) is 58.5 Å². The van der Waals surface area contributed by atoms with Gasteiger partial charge in [-0.2, -0.15) is 5.10 Å². The summed E-state index contributed by atoms with van der Waals surface area (Å²) in [6, 6.07) is 19.4. The van der Waals surface area contributed by atoms with Crippen molar-refractivity contribution in [2.45, 2.75) is 0 Å². The summed E-state index contributed by atoms with van der Waals surface area (Å²) in [6.45, 7) is 0. The van der Waals surface area contributed by atoms with Crippen LogP contribution in [-0.2, 0) is 4.79 Å². The number of benzene rings is 3. The predicted octanol–water partition coefficient (Wildman–Crippen LogP) is 3.91. The first kappa shape index (κ1) is 18.9. The lowest BCUT2D eigenvalue weighted by atomic mass is 10.0. The van der Waals surface area contributed by atoms with E-state index >= 15 is 0 Å². The summed E-state index contributed by atoms with van der Waals surface area (Å²) in [5.41, 5.74) is 6.59. The SMILES string of the molecule is COc1ccc2c(c1)C(=Cc1ccc3c(-c4cccc(-c5nnn[nH]5)c4)n[nH]c3c1)C(=O)N2. The average molecular weight is 435 g/mol. The fourth-order valence-corrected chi connectivity index (χ4v) is 4.05. The maximum absolute atomic E-state index is 12.6. The molecule has 6 rings (SSSR count). The topological polar surface area (TPSA) is 121 Å². The summed E-state index contributed by atoms with van der Waals surface area (Å²) < 4.78 is 5.32. The van der Waals surface area contributed by atoms with Crippen LogP contribution in [0.4, 0.5) is 5.69 Å². The number of nitrogens with zero attached hydrogens (tertiary/aromatic N) is 4. The first-order valence-electron chi connectivity index (χ1n) is 10.2. The standard InChI is InChI=1S/C24H17N7O2/c1-33-16-6-8-20-18(12-16)19(24(32)25-20)9-13-5-7-17-21(10-13)26-27-22(17)14-3-2-4-15(11-14)23-28-30-31-29-23/h2-12H,1H3,(H,25,32)(H,26,27)(H,28,29,30,31). The van der Waals surface area contributed by atoms with Gasteiger partial charge in [0.2, 0.25) is 0 Å². The zero-order chi connectivity index (χ0) is 22.4. The van der Waals surface area contributed by atoms with Crippen molar-refractivity contribution in [2.75, 3.05) is 12.4 Å². The highest BCUT2D eigenvalue weighted by Gasteiger charge is 2.24. The number of methoxy groups -OCH3 is 1. The van der Waals surface area contributed by atoms with Crippen molar-refractivity contribution in [3.8, 4) is 28.4 Å². The minimum atomic E-state index is -0.137. The number of tetrazole rings is 1. The van der Waals surface area contributed by atoms with E-state index in [4.69, 9.17) is 4.74 Å². The number of hydrogen-bond donors (Lipinski definition) is 3. The molecule has 0 radical (unpaired) electrons. The van der Waals surface area contributed by atoms with E-state index in [2.05, 4.69) is 36.1 Å². The number of ether oxygens (including phenoxy) is 1. The van der Waals surface area contributed by atoms with E-state index < -0.39 is 0 Å². The lowest BCUT2D eigenvalue weighted by Gasteiger charge is -2.03. The zero-order valence-corrected chi connectivity index (χ0v) is 17.5. The van der Waals surface area contributed by atoms with Gasteiger partial charge >= 0.3 is 0 Å². The fraction of sp³-hybridized carbons (Fsp3) is 0.0417. The summed E-state index contributed by atoms with van der Waals surface area (Å²) >= 11 is 0. The summed E-state index contributed by atoms with van der Waals surface area (Å²) in [4.78, 5) is 12.6. The van der Waals surface area contributed by atoms with E-state index in [0.29, 0.717) is 17.1 Å². The molecule has 0 spiro atoms. The van der Waals surface area contributed by atoms with Crippen LogP contribution < -0.4 is 10.1 Å². The van der Waals surface area contributed by atoms with Gasteiger partial charge in [-0.1, -0.05) is 24.3 Å². The summed E-state index contributed by atoms with van der Waals surface area (Å²) in [7, 11) is 1.61. The minimum Gasteiger partial charge on any atom is -0.497 e. The summed E-state index contributed by atoms with van der Waals surface area (Å²) in [6.07, 6.45) is 1.87. The Morgan fingerprint density at radius 3 is 2.73 bits per heavy atom. The Kier molecular flexibility index (Phi) is 4.25. The molecule has 3 aromatic carbocycles. The Balaban J connectivity index is 1.38. The molecule has 9 nitrogen and oxygen atoms in total. The lowest BCUT2D eigenvalue weighted by molar-refractivity contribution is -0.110. The van der Waals surface area contributed by atoms with Gasteiger partial charge < -0.3 is 10.1 Å². The molecular formula is C24H17N7O2. The van der Waals surface area contributed by atoms with Gasteiger partial charge in [-0.3, -0.25) is 9.89 Å². The van der Waals surface area contributed by atoms with E-state index in [-0.39, 0.29) is 5.91 Å². The average Bonchev–Trinajstić information content (AvgIpc) is 3.58. The highest BCUT2D eigenvalue weighted by atomic mass is 16.5. The van der Waals surface area contributed by atoms with Gasteiger partial charge in [0.15, 0.2) is 5.82 Å². The Bertz CT molecular complexity index is 1550. The van der Waals surface area contributed by atoms with Crippen molar-refractivity contribution in [2.24, 2.45) is 0 Å². The number of nitrogens with one attached hydrogen (secondary N) is 3. The van der Waals surface area contributed by atoms with Crippen LogP contribution >= 0.6 is 0 Å². The molecule has 3 N–H and O–H groups in total. The molecular weight excluding hydrogens is 418 g/mol. The van der Waals surface area contributed by atoms with Crippen molar-refractivity contribution >= 4 is 34.1 Å². The summed E-state index contributed by atoms with van der Waals surface area (Å²) in [5, 5.41) is 25.5. The largest absolute Gasteiger partial charge is 0.497 e. The third kappa shape index (κ3) is 3.23. The van der Waals surface area contributed by atoms with E-state index in [1.165, 1.54) is 0 Å². The zero-order valence-electron chi connectivity index (χ0n) is 17.5. The van der Waals surface area contributed by atoms with Crippen LogP contribution in [0.1, 0.15) is 11.1 Å². The first-order chi connectivity index (χ1) is 16.2. The third-order valence-corrected chi connectivity index (χ3v) is 5.66. The van der Waals surface area contributed by atoms with E-state index in [1.807, 2.05) is 66.7 Å². The molecule has 0 unspecified atom stereocenters. The van der Waals surface area contributed by atoms with Crippen LogP contribution in [0.15, 0.2) is 60.7 Å². The van der Waals surface area contributed by atoms with E-state index in [9.17, 15) is 4.79 Å². The number of anilines is 1. The van der Waals surface area contributed by atoms with Crippen molar-refractivity contribution < 1.29 is 9.53 Å². The summed E-state index contributed by atoms with van der Waals surface area (Å²) in [5.74, 6) is 1.16. The molecule has 0 aliphatic carbocycles. The lowest BCUT2D eigenvalue weighted by Crippen LogP contribution is -2.03. The Morgan fingerprint density at radius 2 is 1.88 bits per heavy atom. The molecule has 0 saturated heterocycles. The minimum absolute atomic E-state index is 0.137.